The third-order valence-corrected chi connectivity index (χ3v) is 7.00. The lowest BCUT2D eigenvalue weighted by Gasteiger charge is -2.33. The molecule has 122 valence electrons. The zero-order valence-corrected chi connectivity index (χ0v) is 14.2. The number of sulfonamides is 1. The van der Waals surface area contributed by atoms with Crippen LogP contribution < -0.4 is 4.72 Å². The number of nitrogens with zero attached hydrogens (tertiary/aromatic N) is 1. The van der Waals surface area contributed by atoms with Crippen molar-refractivity contribution in [1.29, 1.82) is 0 Å². The van der Waals surface area contributed by atoms with Gasteiger partial charge in [-0.05, 0) is 49.4 Å². The molecule has 1 fully saturated rings. The molecule has 1 saturated heterocycles. The first kappa shape index (κ1) is 16.1. The molecule has 5 nitrogen and oxygen atoms in total. The summed E-state index contributed by atoms with van der Waals surface area (Å²) in [6, 6.07) is 3.46. The molecule has 0 aromatic carbocycles. The van der Waals surface area contributed by atoms with E-state index in [1.807, 2.05) is 0 Å². The number of hydrogen-bond acceptors (Lipinski definition) is 5. The van der Waals surface area contributed by atoms with Gasteiger partial charge in [-0.15, -0.1) is 11.3 Å². The van der Waals surface area contributed by atoms with Gasteiger partial charge in [0.2, 0.25) is 10.0 Å². The molecule has 0 unspecified atom stereocenters. The Balaban J connectivity index is 1.48. The van der Waals surface area contributed by atoms with Crippen molar-refractivity contribution in [3.8, 4) is 0 Å². The van der Waals surface area contributed by atoms with Crippen molar-refractivity contribution in [2.75, 3.05) is 32.8 Å². The van der Waals surface area contributed by atoms with E-state index in [-0.39, 0.29) is 6.04 Å². The lowest BCUT2D eigenvalue weighted by Crippen LogP contribution is -2.45. The van der Waals surface area contributed by atoms with Gasteiger partial charge in [-0.3, -0.25) is 4.90 Å². The number of likely N-dealkylation sites (tertiary alicyclic amines) is 1. The van der Waals surface area contributed by atoms with Gasteiger partial charge in [-0.25, -0.2) is 13.1 Å². The van der Waals surface area contributed by atoms with Crippen molar-refractivity contribution in [2.45, 2.75) is 29.5 Å². The highest BCUT2D eigenvalue weighted by atomic mass is 32.2. The van der Waals surface area contributed by atoms with Crippen LogP contribution in [0.5, 0.6) is 0 Å². The number of rotatable bonds is 5. The molecule has 0 radical (unpaired) electrons. The standard InChI is InChI=1S/C15H22N2O3S2/c18-22(19,15-4-2-10-21-15)16-14-5-7-17(8-6-14)11-13-3-1-9-20-12-13/h2-4,10,14,16H,1,5-9,11-12H2. The number of nitrogens with one attached hydrogen (secondary N) is 1. The highest BCUT2D eigenvalue weighted by Gasteiger charge is 2.25. The molecule has 0 aliphatic carbocycles. The first-order chi connectivity index (χ1) is 10.6. The predicted molar refractivity (Wildman–Crippen MR) is 87.6 cm³/mol. The molecule has 0 bridgehead atoms. The Hall–Kier alpha value is -0.730. The van der Waals surface area contributed by atoms with Gasteiger partial charge in [0.25, 0.3) is 0 Å². The predicted octanol–water partition coefficient (Wildman–Crippen LogP) is 1.84. The second-order valence-corrected chi connectivity index (χ2v) is 8.70. The fraction of sp³-hybridized carbons (Fsp3) is 0.600. The Bertz CT molecular complexity index is 603. The molecule has 1 aromatic rings. The summed E-state index contributed by atoms with van der Waals surface area (Å²) in [4.78, 5) is 2.39. The lowest BCUT2D eigenvalue weighted by atomic mass is 10.0. The molecule has 1 aromatic heterocycles. The van der Waals surface area contributed by atoms with Gasteiger partial charge in [-0.2, -0.15) is 0 Å². The Morgan fingerprint density at radius 3 is 2.82 bits per heavy atom. The maximum Gasteiger partial charge on any atom is 0.250 e. The Kier molecular flexibility index (Phi) is 5.30. The molecule has 2 aliphatic heterocycles. The van der Waals surface area contributed by atoms with Crippen LogP contribution in [0.3, 0.4) is 0 Å². The van der Waals surface area contributed by atoms with Crippen molar-refractivity contribution in [3.05, 3.63) is 29.2 Å². The maximum absolute atomic E-state index is 12.2. The van der Waals surface area contributed by atoms with E-state index in [9.17, 15) is 8.42 Å². The first-order valence-electron chi connectivity index (χ1n) is 7.67. The minimum absolute atomic E-state index is 0.0416. The summed E-state index contributed by atoms with van der Waals surface area (Å²) in [7, 11) is -3.34. The normalized spacial score (nSPS) is 21.7. The van der Waals surface area contributed by atoms with Gasteiger partial charge in [0.1, 0.15) is 4.21 Å². The summed E-state index contributed by atoms with van der Waals surface area (Å²) in [5.41, 5.74) is 1.35. The first-order valence-corrected chi connectivity index (χ1v) is 10.0. The fourth-order valence-corrected chi connectivity index (χ4v) is 5.22. The molecule has 0 amide bonds. The molecule has 3 rings (SSSR count). The van der Waals surface area contributed by atoms with Crippen LogP contribution in [0.25, 0.3) is 0 Å². The van der Waals surface area contributed by atoms with E-state index in [0.717, 1.165) is 52.1 Å². The van der Waals surface area contributed by atoms with Gasteiger partial charge in [0, 0.05) is 12.6 Å². The average molecular weight is 342 g/mol. The molecule has 0 spiro atoms. The van der Waals surface area contributed by atoms with Crippen LogP contribution in [0.2, 0.25) is 0 Å². The largest absolute Gasteiger partial charge is 0.377 e. The van der Waals surface area contributed by atoms with Crippen LogP contribution in [-0.2, 0) is 14.8 Å². The molecule has 1 N–H and O–H groups in total. The zero-order valence-electron chi connectivity index (χ0n) is 12.5. The minimum atomic E-state index is -3.34. The zero-order chi connectivity index (χ0) is 15.4. The van der Waals surface area contributed by atoms with Crippen LogP contribution in [0, 0.1) is 0 Å². The van der Waals surface area contributed by atoms with Crippen molar-refractivity contribution in [3.63, 3.8) is 0 Å². The van der Waals surface area contributed by atoms with E-state index in [4.69, 9.17) is 4.74 Å². The van der Waals surface area contributed by atoms with E-state index in [0.29, 0.717) is 4.21 Å². The van der Waals surface area contributed by atoms with Gasteiger partial charge < -0.3 is 4.74 Å². The minimum Gasteiger partial charge on any atom is -0.377 e. The van der Waals surface area contributed by atoms with E-state index < -0.39 is 10.0 Å². The van der Waals surface area contributed by atoms with Gasteiger partial charge in [0.05, 0.1) is 13.2 Å². The fourth-order valence-electron chi connectivity index (χ4n) is 2.91. The highest BCUT2D eigenvalue weighted by molar-refractivity contribution is 7.91. The maximum atomic E-state index is 12.2. The van der Waals surface area contributed by atoms with Gasteiger partial charge in [-0.1, -0.05) is 12.1 Å². The lowest BCUT2D eigenvalue weighted by molar-refractivity contribution is 0.137. The van der Waals surface area contributed by atoms with Gasteiger partial charge in [0.15, 0.2) is 0 Å². The van der Waals surface area contributed by atoms with E-state index in [1.54, 1.807) is 17.5 Å². The van der Waals surface area contributed by atoms with Crippen molar-refractivity contribution in [1.82, 2.24) is 9.62 Å². The summed E-state index contributed by atoms with van der Waals surface area (Å²) in [6.07, 6.45) is 5.00. The Labute approximate surface area is 136 Å². The summed E-state index contributed by atoms with van der Waals surface area (Å²) >= 11 is 1.26. The number of hydrogen-bond donors (Lipinski definition) is 1. The average Bonchev–Trinajstić information content (AvgIpc) is 3.05. The molecule has 7 heteroatoms. The van der Waals surface area contributed by atoms with E-state index in [1.165, 1.54) is 16.9 Å². The molecule has 22 heavy (non-hydrogen) atoms. The monoisotopic (exact) mass is 342 g/mol. The smallest absolute Gasteiger partial charge is 0.250 e. The quantitative estimate of drug-likeness (QED) is 0.830. The summed E-state index contributed by atoms with van der Waals surface area (Å²) in [5.74, 6) is 0. The Morgan fingerprint density at radius 1 is 1.36 bits per heavy atom. The SMILES string of the molecule is O=S(=O)(NC1CCN(CC2=CCCOC2)CC1)c1cccs1. The van der Waals surface area contributed by atoms with Crippen LogP contribution in [-0.4, -0.2) is 52.2 Å². The molecular weight excluding hydrogens is 320 g/mol. The summed E-state index contributed by atoms with van der Waals surface area (Å²) in [5, 5.41) is 1.79. The van der Waals surface area contributed by atoms with E-state index in [2.05, 4.69) is 15.7 Å². The summed E-state index contributed by atoms with van der Waals surface area (Å²) in [6.45, 7) is 4.37. The van der Waals surface area contributed by atoms with Crippen molar-refractivity contribution < 1.29 is 13.2 Å². The molecule has 3 heterocycles. The molecule has 0 saturated carbocycles. The third-order valence-electron chi connectivity index (χ3n) is 4.08. The Morgan fingerprint density at radius 2 is 2.18 bits per heavy atom. The van der Waals surface area contributed by atoms with Crippen molar-refractivity contribution >= 4 is 21.4 Å². The topological polar surface area (TPSA) is 58.6 Å². The van der Waals surface area contributed by atoms with Crippen molar-refractivity contribution in [2.24, 2.45) is 0 Å². The number of piperidine rings is 1. The number of thiophene rings is 1. The molecular formula is C15H22N2O3S2. The van der Waals surface area contributed by atoms with Crippen LogP contribution in [0.15, 0.2) is 33.4 Å². The highest BCUT2D eigenvalue weighted by Crippen LogP contribution is 2.19. The van der Waals surface area contributed by atoms with E-state index >= 15 is 0 Å². The van der Waals surface area contributed by atoms with Crippen LogP contribution in [0.1, 0.15) is 19.3 Å². The van der Waals surface area contributed by atoms with Gasteiger partial charge >= 0.3 is 0 Å². The second kappa shape index (κ2) is 7.23. The molecule has 2 aliphatic rings. The summed E-state index contributed by atoms with van der Waals surface area (Å²) < 4.78 is 33.1. The third kappa shape index (κ3) is 4.17. The van der Waals surface area contributed by atoms with Crippen LogP contribution >= 0.6 is 11.3 Å². The number of ether oxygens (including phenoxy) is 1. The molecule has 0 atom stereocenters. The van der Waals surface area contributed by atoms with Crippen LogP contribution in [0.4, 0.5) is 0 Å². The second-order valence-electron chi connectivity index (χ2n) is 5.81.